The highest BCUT2D eigenvalue weighted by Gasteiger charge is 2.21. The first-order valence-corrected chi connectivity index (χ1v) is 7.48. The second kappa shape index (κ2) is 6.61. The molecule has 0 aliphatic rings. The number of methoxy groups -OCH3 is 1. The van der Waals surface area contributed by atoms with Crippen LogP contribution in [0.3, 0.4) is 0 Å². The number of aliphatic hydroxyl groups excluding tert-OH is 1. The Hall–Kier alpha value is -1.04. The molecule has 0 saturated carbocycles. The summed E-state index contributed by atoms with van der Waals surface area (Å²) >= 11 is 9.34. The highest BCUT2D eigenvalue weighted by molar-refractivity contribution is 9.10. The van der Waals surface area contributed by atoms with Crippen molar-refractivity contribution in [1.29, 1.82) is 0 Å². The van der Waals surface area contributed by atoms with E-state index in [-0.39, 0.29) is 0 Å². The Morgan fingerprint density at radius 3 is 2.85 bits per heavy atom. The summed E-state index contributed by atoms with van der Waals surface area (Å²) in [7, 11) is 1.57. The van der Waals surface area contributed by atoms with Crippen molar-refractivity contribution in [2.75, 3.05) is 7.11 Å². The minimum Gasteiger partial charge on any atom is -0.493 e. The minimum atomic E-state index is -0.812. The zero-order chi connectivity index (χ0) is 14.7. The normalized spacial score (nSPS) is 12.4. The van der Waals surface area contributed by atoms with Gasteiger partial charge in [-0.3, -0.25) is 4.68 Å². The molecule has 1 aromatic carbocycles. The van der Waals surface area contributed by atoms with Gasteiger partial charge in [0.15, 0.2) is 5.75 Å². The van der Waals surface area contributed by atoms with E-state index in [0.717, 1.165) is 23.0 Å². The molecule has 0 aliphatic carbocycles. The number of aryl methyl sites for hydroxylation is 1. The molecule has 0 radical (unpaired) electrons. The molecule has 1 atom stereocenters. The fourth-order valence-corrected chi connectivity index (χ4v) is 2.56. The molecular formula is C14H16BrClN2O2. The maximum absolute atomic E-state index is 10.6. The molecule has 6 heteroatoms. The first-order chi connectivity index (χ1) is 9.58. The van der Waals surface area contributed by atoms with Gasteiger partial charge >= 0.3 is 0 Å². The van der Waals surface area contributed by atoms with Crippen LogP contribution >= 0.6 is 27.5 Å². The monoisotopic (exact) mass is 358 g/mol. The van der Waals surface area contributed by atoms with Gasteiger partial charge in [0.25, 0.3) is 0 Å². The molecule has 0 fully saturated rings. The van der Waals surface area contributed by atoms with Gasteiger partial charge in [-0.2, -0.15) is 5.10 Å². The van der Waals surface area contributed by atoms with Crippen molar-refractivity contribution in [1.82, 2.24) is 9.78 Å². The van der Waals surface area contributed by atoms with E-state index >= 15 is 0 Å². The van der Waals surface area contributed by atoms with Gasteiger partial charge in [0, 0.05) is 11.0 Å². The van der Waals surface area contributed by atoms with Gasteiger partial charge in [0.1, 0.15) is 11.8 Å². The third-order valence-electron chi connectivity index (χ3n) is 3.02. The molecule has 0 amide bonds. The molecule has 1 aromatic heterocycles. The first-order valence-electron chi connectivity index (χ1n) is 6.31. The van der Waals surface area contributed by atoms with Crippen LogP contribution in [-0.4, -0.2) is 22.0 Å². The van der Waals surface area contributed by atoms with Crippen LogP contribution in [0, 0.1) is 0 Å². The Kier molecular flexibility index (Phi) is 5.07. The van der Waals surface area contributed by atoms with Gasteiger partial charge in [-0.05, 0) is 40.0 Å². The van der Waals surface area contributed by atoms with Crippen molar-refractivity contribution >= 4 is 27.5 Å². The minimum absolute atomic E-state index is 0.581. The van der Waals surface area contributed by atoms with E-state index in [9.17, 15) is 5.11 Å². The predicted octanol–water partition coefficient (Wildman–Crippen LogP) is 3.80. The van der Waals surface area contributed by atoms with E-state index in [2.05, 4.69) is 28.0 Å². The largest absolute Gasteiger partial charge is 0.493 e. The Bertz CT molecular complexity index is 601. The highest BCUT2D eigenvalue weighted by Crippen LogP contribution is 2.33. The Labute approximate surface area is 131 Å². The maximum atomic E-state index is 10.6. The molecule has 0 spiro atoms. The topological polar surface area (TPSA) is 47.3 Å². The van der Waals surface area contributed by atoms with Gasteiger partial charge < -0.3 is 9.84 Å². The predicted molar refractivity (Wildman–Crippen MR) is 82.3 cm³/mol. The van der Waals surface area contributed by atoms with E-state index in [0.29, 0.717) is 16.5 Å². The lowest BCUT2D eigenvalue weighted by Crippen LogP contribution is -2.11. The summed E-state index contributed by atoms with van der Waals surface area (Å²) in [6.45, 7) is 2.79. The molecule has 1 heterocycles. The average Bonchev–Trinajstić information content (AvgIpc) is 2.84. The van der Waals surface area contributed by atoms with Crippen LogP contribution in [0.15, 0.2) is 28.9 Å². The second-order valence-corrected chi connectivity index (χ2v) is 5.66. The van der Waals surface area contributed by atoms with Crippen molar-refractivity contribution in [2.24, 2.45) is 0 Å². The summed E-state index contributed by atoms with van der Waals surface area (Å²) in [5.41, 5.74) is 1.39. The number of aliphatic hydroxyl groups is 1. The lowest BCUT2D eigenvalue weighted by atomic mass is 10.1. The van der Waals surface area contributed by atoms with Crippen LogP contribution in [-0.2, 0) is 6.54 Å². The van der Waals surface area contributed by atoms with Crippen LogP contribution in [0.4, 0.5) is 0 Å². The quantitative estimate of drug-likeness (QED) is 0.883. The maximum Gasteiger partial charge on any atom is 0.163 e. The van der Waals surface area contributed by atoms with Crippen LogP contribution < -0.4 is 4.74 Å². The fourth-order valence-electron chi connectivity index (χ4n) is 2.04. The molecule has 20 heavy (non-hydrogen) atoms. The number of halogens is 2. The summed E-state index contributed by atoms with van der Waals surface area (Å²) in [6.07, 6.45) is 1.74. The van der Waals surface area contributed by atoms with Crippen molar-refractivity contribution in [3.8, 4) is 5.75 Å². The van der Waals surface area contributed by atoms with Gasteiger partial charge in [0.2, 0.25) is 0 Å². The smallest absolute Gasteiger partial charge is 0.163 e. The number of hydrogen-bond donors (Lipinski definition) is 1. The Balaban J connectivity index is 2.43. The van der Waals surface area contributed by atoms with E-state index in [1.165, 1.54) is 0 Å². The molecule has 0 bridgehead atoms. The summed E-state index contributed by atoms with van der Waals surface area (Å²) in [5.74, 6) is 0.581. The molecule has 2 rings (SSSR count). The van der Waals surface area contributed by atoms with Crippen LogP contribution in [0.2, 0.25) is 5.02 Å². The van der Waals surface area contributed by atoms with Crippen molar-refractivity contribution < 1.29 is 9.84 Å². The molecule has 108 valence electrons. The first kappa shape index (κ1) is 15.4. The van der Waals surface area contributed by atoms with E-state index in [1.54, 1.807) is 36.2 Å². The summed E-state index contributed by atoms with van der Waals surface area (Å²) < 4.78 is 7.80. The zero-order valence-electron chi connectivity index (χ0n) is 11.3. The van der Waals surface area contributed by atoms with Gasteiger partial charge in [-0.25, -0.2) is 0 Å². The average molecular weight is 360 g/mol. The van der Waals surface area contributed by atoms with Crippen LogP contribution in [0.5, 0.6) is 5.75 Å². The molecule has 1 unspecified atom stereocenters. The number of nitrogens with zero attached hydrogens (tertiary/aromatic N) is 2. The lowest BCUT2D eigenvalue weighted by Gasteiger charge is -2.15. The van der Waals surface area contributed by atoms with Crippen molar-refractivity contribution in [3.63, 3.8) is 0 Å². The number of rotatable bonds is 5. The summed E-state index contributed by atoms with van der Waals surface area (Å²) in [6, 6.07) is 5.34. The van der Waals surface area contributed by atoms with E-state index in [1.807, 2.05) is 0 Å². The van der Waals surface area contributed by atoms with Crippen LogP contribution in [0.25, 0.3) is 0 Å². The van der Waals surface area contributed by atoms with E-state index in [4.69, 9.17) is 16.3 Å². The second-order valence-electron chi connectivity index (χ2n) is 4.40. The Morgan fingerprint density at radius 2 is 2.25 bits per heavy atom. The molecule has 1 N–H and O–H groups in total. The SMILES string of the molecule is CCCn1ncc(OC)c1C(O)c1ccc(Cl)c(Br)c1. The molecule has 0 saturated heterocycles. The highest BCUT2D eigenvalue weighted by atomic mass is 79.9. The standard InChI is InChI=1S/C14H16BrClN2O2/c1-3-6-18-13(12(20-2)8-17-18)14(19)9-4-5-11(16)10(15)7-9/h4-5,7-8,14,19H,3,6H2,1-2H3. The number of benzene rings is 1. The third kappa shape index (κ3) is 3.00. The zero-order valence-corrected chi connectivity index (χ0v) is 13.6. The van der Waals surface area contributed by atoms with Crippen LogP contribution in [0.1, 0.15) is 30.7 Å². The van der Waals surface area contributed by atoms with E-state index < -0.39 is 6.10 Å². The lowest BCUT2D eigenvalue weighted by molar-refractivity contribution is 0.202. The molecular weight excluding hydrogens is 344 g/mol. The molecule has 2 aromatic rings. The van der Waals surface area contributed by atoms with Crippen molar-refractivity contribution in [3.05, 3.63) is 45.1 Å². The van der Waals surface area contributed by atoms with Gasteiger partial charge in [-0.15, -0.1) is 0 Å². The number of ether oxygens (including phenoxy) is 1. The Morgan fingerprint density at radius 1 is 1.50 bits per heavy atom. The fraction of sp³-hybridized carbons (Fsp3) is 0.357. The summed E-state index contributed by atoms with van der Waals surface area (Å²) in [5, 5.41) is 15.5. The molecule has 0 aliphatic heterocycles. The van der Waals surface area contributed by atoms with Gasteiger partial charge in [0.05, 0.1) is 18.3 Å². The number of aromatic nitrogens is 2. The number of hydrogen-bond acceptors (Lipinski definition) is 3. The summed E-state index contributed by atoms with van der Waals surface area (Å²) in [4.78, 5) is 0. The molecule has 4 nitrogen and oxygen atoms in total. The third-order valence-corrected chi connectivity index (χ3v) is 4.23. The van der Waals surface area contributed by atoms with Crippen molar-refractivity contribution in [2.45, 2.75) is 26.0 Å². The van der Waals surface area contributed by atoms with Gasteiger partial charge in [-0.1, -0.05) is 24.6 Å².